The molecule has 0 aromatic heterocycles. The summed E-state index contributed by atoms with van der Waals surface area (Å²) in [4.78, 5) is 0. The van der Waals surface area contributed by atoms with Gasteiger partial charge in [-0.15, -0.1) is 0 Å². The summed E-state index contributed by atoms with van der Waals surface area (Å²) in [6, 6.07) is 13.7. The third-order valence-corrected chi connectivity index (χ3v) is 2.99. The Kier molecular flexibility index (Phi) is 5.10. The highest BCUT2D eigenvalue weighted by molar-refractivity contribution is 5.66. The summed E-state index contributed by atoms with van der Waals surface area (Å²) in [5.41, 5.74) is 2.38. The smallest absolute Gasteiger partial charge is 0.132 e. The molecule has 0 amide bonds. The summed E-state index contributed by atoms with van der Waals surface area (Å²) in [6.45, 7) is 0.112. The first-order valence-corrected chi connectivity index (χ1v) is 6.64. The molecule has 2 aromatic rings. The van der Waals surface area contributed by atoms with E-state index in [9.17, 15) is 4.39 Å². The Bertz CT molecular complexity index is 718. The molecule has 104 valence electrons. The van der Waals surface area contributed by atoms with Crippen LogP contribution in [0.2, 0.25) is 0 Å². The monoisotopic (exact) mass is 279 g/mol. The van der Waals surface area contributed by atoms with Crippen molar-refractivity contribution >= 4 is 0 Å². The molecular formula is C18H14FNO. The highest BCUT2D eigenvalue weighted by Crippen LogP contribution is 2.23. The molecule has 0 saturated carbocycles. The van der Waals surface area contributed by atoms with Crippen LogP contribution in [0.4, 0.5) is 4.39 Å². The lowest BCUT2D eigenvalue weighted by atomic mass is 10.0. The maximum absolute atomic E-state index is 14.1. The van der Waals surface area contributed by atoms with Crippen LogP contribution in [0, 0.1) is 29.0 Å². The van der Waals surface area contributed by atoms with Crippen molar-refractivity contribution in [3.8, 4) is 29.0 Å². The summed E-state index contributed by atoms with van der Waals surface area (Å²) in [6.07, 6.45) is 1.22. The second kappa shape index (κ2) is 7.24. The first kappa shape index (κ1) is 14.8. The Hall–Kier alpha value is -2.62. The van der Waals surface area contributed by atoms with E-state index in [1.807, 2.05) is 6.07 Å². The Balaban J connectivity index is 2.22. The van der Waals surface area contributed by atoms with Crippen LogP contribution >= 0.6 is 0 Å². The molecule has 0 fully saturated rings. The Morgan fingerprint density at radius 2 is 1.76 bits per heavy atom. The molecule has 0 saturated heterocycles. The number of halogens is 1. The Labute approximate surface area is 123 Å². The van der Waals surface area contributed by atoms with Crippen LogP contribution in [0.5, 0.6) is 0 Å². The number of aliphatic hydroxyl groups is 1. The number of hydrogen-bond acceptors (Lipinski definition) is 2. The number of unbranched alkanes of at least 4 members (excludes halogenated alkanes) is 1. The van der Waals surface area contributed by atoms with Gasteiger partial charge < -0.3 is 5.11 Å². The van der Waals surface area contributed by atoms with Crippen LogP contribution in [0.25, 0.3) is 11.1 Å². The fourth-order valence-corrected chi connectivity index (χ4v) is 1.88. The molecule has 0 aliphatic heterocycles. The van der Waals surface area contributed by atoms with Gasteiger partial charge in [-0.1, -0.05) is 30.0 Å². The van der Waals surface area contributed by atoms with E-state index in [2.05, 4.69) is 11.8 Å². The van der Waals surface area contributed by atoms with Gasteiger partial charge >= 0.3 is 0 Å². The zero-order valence-electron chi connectivity index (χ0n) is 11.4. The molecule has 2 nitrogen and oxygen atoms in total. The number of rotatable bonds is 3. The van der Waals surface area contributed by atoms with Crippen molar-refractivity contribution in [2.24, 2.45) is 0 Å². The van der Waals surface area contributed by atoms with Crippen molar-refractivity contribution in [3.63, 3.8) is 0 Å². The summed E-state index contributed by atoms with van der Waals surface area (Å²) in [5.74, 6) is 5.43. The van der Waals surface area contributed by atoms with Gasteiger partial charge in [0.15, 0.2) is 0 Å². The molecule has 0 aliphatic rings. The van der Waals surface area contributed by atoms with Gasteiger partial charge in [0.1, 0.15) is 5.82 Å². The summed E-state index contributed by atoms with van der Waals surface area (Å²) < 4.78 is 14.1. The molecule has 0 atom stereocenters. The highest BCUT2D eigenvalue weighted by Gasteiger charge is 2.05. The van der Waals surface area contributed by atoms with E-state index in [0.717, 1.165) is 5.56 Å². The minimum Gasteiger partial charge on any atom is -0.396 e. The fourth-order valence-electron chi connectivity index (χ4n) is 1.88. The van der Waals surface area contributed by atoms with E-state index in [-0.39, 0.29) is 12.4 Å². The quantitative estimate of drug-likeness (QED) is 0.690. The third kappa shape index (κ3) is 3.92. The lowest BCUT2D eigenvalue weighted by Gasteiger charge is -2.04. The molecule has 0 heterocycles. The second-order valence-corrected chi connectivity index (χ2v) is 4.51. The highest BCUT2D eigenvalue weighted by atomic mass is 19.1. The lowest BCUT2D eigenvalue weighted by Crippen LogP contribution is -1.87. The Morgan fingerprint density at radius 3 is 2.38 bits per heavy atom. The van der Waals surface area contributed by atoms with Crippen LogP contribution in [-0.4, -0.2) is 11.7 Å². The lowest BCUT2D eigenvalue weighted by molar-refractivity contribution is 0.290. The number of nitriles is 1. The van der Waals surface area contributed by atoms with Gasteiger partial charge in [-0.2, -0.15) is 5.26 Å². The van der Waals surface area contributed by atoms with Crippen molar-refractivity contribution in [1.82, 2.24) is 0 Å². The van der Waals surface area contributed by atoms with Crippen molar-refractivity contribution < 1.29 is 9.50 Å². The van der Waals surface area contributed by atoms with Crippen molar-refractivity contribution in [2.45, 2.75) is 12.8 Å². The molecular weight excluding hydrogens is 265 g/mol. The molecule has 0 spiro atoms. The van der Waals surface area contributed by atoms with E-state index in [1.165, 1.54) is 6.07 Å². The van der Waals surface area contributed by atoms with Crippen LogP contribution in [0.15, 0.2) is 42.5 Å². The van der Waals surface area contributed by atoms with Crippen LogP contribution in [0.1, 0.15) is 24.0 Å². The SMILES string of the molecule is N#Cc1ccc(-c2ccc(C#CCCCO)cc2F)cc1. The maximum Gasteiger partial charge on any atom is 0.132 e. The largest absolute Gasteiger partial charge is 0.396 e. The summed E-state index contributed by atoms with van der Waals surface area (Å²) >= 11 is 0. The number of benzene rings is 2. The van der Waals surface area contributed by atoms with Gasteiger partial charge in [0.25, 0.3) is 0 Å². The minimum atomic E-state index is -0.339. The fraction of sp³-hybridized carbons (Fsp3) is 0.167. The zero-order valence-corrected chi connectivity index (χ0v) is 11.4. The minimum absolute atomic E-state index is 0.112. The maximum atomic E-state index is 14.1. The molecule has 2 aromatic carbocycles. The zero-order chi connectivity index (χ0) is 15.1. The van der Waals surface area contributed by atoms with Gasteiger partial charge in [-0.05, 0) is 36.2 Å². The first-order valence-electron chi connectivity index (χ1n) is 6.64. The predicted octanol–water partition coefficient (Wildman–Crippen LogP) is 3.49. The van der Waals surface area contributed by atoms with E-state index < -0.39 is 0 Å². The number of nitrogens with zero attached hydrogens (tertiary/aromatic N) is 1. The summed E-state index contributed by atoms with van der Waals surface area (Å²) in [7, 11) is 0. The molecule has 1 N–H and O–H groups in total. The van der Waals surface area contributed by atoms with E-state index in [1.54, 1.807) is 36.4 Å². The Morgan fingerprint density at radius 1 is 1.05 bits per heavy atom. The van der Waals surface area contributed by atoms with Crippen molar-refractivity contribution in [1.29, 1.82) is 5.26 Å². The molecule has 0 unspecified atom stereocenters. The summed E-state index contributed by atoms with van der Waals surface area (Å²) in [5, 5.41) is 17.4. The number of hydrogen-bond donors (Lipinski definition) is 1. The van der Waals surface area contributed by atoms with Crippen LogP contribution in [-0.2, 0) is 0 Å². The van der Waals surface area contributed by atoms with E-state index in [4.69, 9.17) is 10.4 Å². The predicted molar refractivity (Wildman–Crippen MR) is 79.7 cm³/mol. The first-order chi connectivity index (χ1) is 10.2. The van der Waals surface area contributed by atoms with E-state index in [0.29, 0.717) is 29.5 Å². The van der Waals surface area contributed by atoms with E-state index >= 15 is 0 Å². The van der Waals surface area contributed by atoms with Crippen molar-refractivity contribution in [3.05, 3.63) is 59.4 Å². The van der Waals surface area contributed by atoms with Crippen molar-refractivity contribution in [2.75, 3.05) is 6.61 Å². The van der Waals surface area contributed by atoms with Gasteiger partial charge in [0.05, 0.1) is 11.6 Å². The third-order valence-electron chi connectivity index (χ3n) is 2.99. The second-order valence-electron chi connectivity index (χ2n) is 4.51. The van der Waals surface area contributed by atoms with Gasteiger partial charge in [-0.25, -0.2) is 4.39 Å². The van der Waals surface area contributed by atoms with Gasteiger partial charge in [-0.3, -0.25) is 0 Å². The normalized spacial score (nSPS) is 9.57. The molecule has 0 bridgehead atoms. The molecule has 2 rings (SSSR count). The molecule has 0 radical (unpaired) electrons. The topological polar surface area (TPSA) is 44.0 Å². The molecule has 3 heteroatoms. The average molecular weight is 279 g/mol. The average Bonchev–Trinajstić information content (AvgIpc) is 2.52. The van der Waals surface area contributed by atoms with Gasteiger partial charge in [0, 0.05) is 24.2 Å². The standard InChI is InChI=1S/C18H14FNO/c19-18-12-14(4-2-1-3-11-21)7-10-17(18)16-8-5-15(13-20)6-9-16/h5-10,12,21H,1,3,11H2. The number of aliphatic hydroxyl groups excluding tert-OH is 1. The molecule has 0 aliphatic carbocycles. The molecule has 21 heavy (non-hydrogen) atoms. The van der Waals surface area contributed by atoms with Gasteiger partial charge in [0.2, 0.25) is 0 Å². The van der Waals surface area contributed by atoms with Crippen LogP contribution in [0.3, 0.4) is 0 Å². The van der Waals surface area contributed by atoms with Crippen LogP contribution < -0.4 is 0 Å².